The predicted octanol–water partition coefficient (Wildman–Crippen LogP) is 14.4. The van der Waals surface area contributed by atoms with Gasteiger partial charge in [-0.15, -0.1) is 0 Å². The van der Waals surface area contributed by atoms with E-state index < -0.39 is 6.10 Å². The number of esters is 2. The Morgan fingerprint density at radius 3 is 1.54 bits per heavy atom. The zero-order chi connectivity index (χ0) is 45.9. The summed E-state index contributed by atoms with van der Waals surface area (Å²) in [6.45, 7) is 11.9. The van der Waals surface area contributed by atoms with Gasteiger partial charge in [0.15, 0.2) is 0 Å². The smallest absolute Gasteiger partial charge is 0.306 e. The van der Waals surface area contributed by atoms with E-state index in [1.807, 2.05) is 6.92 Å². The topological polar surface area (TPSA) is 121 Å². The first-order valence-corrected chi connectivity index (χ1v) is 27.0. The molecule has 63 heavy (non-hydrogen) atoms. The molecule has 0 bridgehead atoms. The van der Waals surface area contributed by atoms with Crippen LogP contribution in [0.5, 0.6) is 0 Å². The molecule has 0 aliphatic heterocycles. The molecular formula is C54H101N3O6. The number of aliphatic hydroxyl groups is 1. The van der Waals surface area contributed by atoms with Gasteiger partial charge >= 0.3 is 11.9 Å². The largest absolute Gasteiger partial charge is 0.463 e. The number of unbranched alkanes of at least 4 members (excludes halogenated alkanes) is 24. The lowest BCUT2D eigenvalue weighted by atomic mass is 10.0. The highest BCUT2D eigenvalue weighted by molar-refractivity contribution is 5.93. The van der Waals surface area contributed by atoms with Crippen molar-refractivity contribution in [1.82, 2.24) is 15.2 Å². The molecule has 9 nitrogen and oxygen atoms in total. The van der Waals surface area contributed by atoms with Gasteiger partial charge in [-0.3, -0.25) is 14.4 Å². The summed E-state index contributed by atoms with van der Waals surface area (Å²) in [5.74, 6) is -0.162. The number of rotatable bonds is 47. The van der Waals surface area contributed by atoms with Crippen LogP contribution >= 0.6 is 0 Å². The Balaban J connectivity index is 2.43. The Labute approximate surface area is 388 Å². The Bertz CT molecular complexity index is 1150. The number of amides is 1. The quantitative estimate of drug-likeness (QED) is 0.0440. The first-order valence-electron chi connectivity index (χ1n) is 27.0. The third-order valence-corrected chi connectivity index (χ3v) is 12.6. The second kappa shape index (κ2) is 43.5. The maximum atomic E-state index is 12.9. The van der Waals surface area contributed by atoms with E-state index in [-0.39, 0.29) is 30.1 Å². The fourth-order valence-electron chi connectivity index (χ4n) is 8.59. The zero-order valence-electron chi connectivity index (χ0n) is 41.7. The number of aromatic nitrogens is 1. The number of nitrogens with one attached hydrogen (secondary N) is 2. The van der Waals surface area contributed by atoms with Gasteiger partial charge in [0, 0.05) is 38.3 Å². The minimum absolute atomic E-state index is 0.00871. The predicted molar refractivity (Wildman–Crippen MR) is 264 cm³/mol. The average molecular weight is 888 g/mol. The van der Waals surface area contributed by atoms with Gasteiger partial charge in [0.05, 0.1) is 17.8 Å². The number of aromatic amines is 1. The Kier molecular flexibility index (Phi) is 40.5. The maximum Gasteiger partial charge on any atom is 0.306 e. The number of ether oxygens (including phenoxy) is 2. The molecule has 0 fully saturated rings. The van der Waals surface area contributed by atoms with Crippen LogP contribution in [-0.2, 0) is 19.1 Å². The zero-order valence-corrected chi connectivity index (χ0v) is 41.7. The molecule has 1 aromatic rings. The van der Waals surface area contributed by atoms with Crippen molar-refractivity contribution in [2.45, 2.75) is 277 Å². The van der Waals surface area contributed by atoms with Crippen molar-refractivity contribution < 1.29 is 29.0 Å². The van der Waals surface area contributed by atoms with Crippen molar-refractivity contribution in [3.8, 4) is 0 Å². The lowest BCUT2D eigenvalue weighted by Gasteiger charge is -2.25. The lowest BCUT2D eigenvalue weighted by Crippen LogP contribution is -2.34. The van der Waals surface area contributed by atoms with Crippen molar-refractivity contribution in [1.29, 1.82) is 0 Å². The SMILES string of the molecule is CCCCCCCCCCC(C)OC(=O)CCCCCN(CCCCCCCC(=O)OC(CCCCCCCC)CCCCCCCC)CC(O)CCCCNC(=O)c1cc[nH]c1. The summed E-state index contributed by atoms with van der Waals surface area (Å²) in [6.07, 6.45) is 42.8. The number of hydrogen-bond acceptors (Lipinski definition) is 7. The average Bonchev–Trinajstić information content (AvgIpc) is 3.82. The molecule has 0 radical (unpaired) electrons. The fourth-order valence-corrected chi connectivity index (χ4v) is 8.59. The van der Waals surface area contributed by atoms with E-state index in [1.54, 1.807) is 18.5 Å². The maximum absolute atomic E-state index is 12.9. The summed E-state index contributed by atoms with van der Waals surface area (Å²) in [5, 5.41) is 14.0. The molecule has 0 spiro atoms. The molecule has 9 heteroatoms. The van der Waals surface area contributed by atoms with Crippen LogP contribution in [0.2, 0.25) is 0 Å². The van der Waals surface area contributed by atoms with E-state index >= 15 is 0 Å². The summed E-state index contributed by atoms with van der Waals surface area (Å²) >= 11 is 0. The Hall–Kier alpha value is -2.39. The van der Waals surface area contributed by atoms with Crippen molar-refractivity contribution in [3.05, 3.63) is 24.0 Å². The van der Waals surface area contributed by atoms with Crippen LogP contribution in [-0.4, -0.2) is 77.3 Å². The van der Waals surface area contributed by atoms with Crippen LogP contribution in [0.1, 0.15) is 269 Å². The van der Waals surface area contributed by atoms with Gasteiger partial charge in [0.2, 0.25) is 0 Å². The number of carbonyl (C=O) groups excluding carboxylic acids is 3. The Morgan fingerprint density at radius 1 is 0.571 bits per heavy atom. The highest BCUT2D eigenvalue weighted by Gasteiger charge is 2.16. The first kappa shape index (κ1) is 58.6. The summed E-state index contributed by atoms with van der Waals surface area (Å²) in [4.78, 5) is 43.0. The van der Waals surface area contributed by atoms with E-state index in [0.717, 1.165) is 116 Å². The minimum Gasteiger partial charge on any atom is -0.463 e. The number of aliphatic hydroxyl groups excluding tert-OH is 1. The third-order valence-electron chi connectivity index (χ3n) is 12.6. The molecule has 0 saturated carbocycles. The highest BCUT2D eigenvalue weighted by atomic mass is 16.5. The number of carbonyl (C=O) groups is 3. The number of H-pyrrole nitrogens is 1. The van der Waals surface area contributed by atoms with Crippen molar-refractivity contribution >= 4 is 17.8 Å². The second-order valence-corrected chi connectivity index (χ2v) is 18.9. The molecule has 0 aromatic carbocycles. The minimum atomic E-state index is -0.417. The first-order chi connectivity index (χ1) is 30.8. The third kappa shape index (κ3) is 37.5. The molecule has 2 unspecified atom stereocenters. The molecule has 0 aliphatic carbocycles. The van der Waals surface area contributed by atoms with Crippen LogP contribution in [0, 0.1) is 0 Å². The van der Waals surface area contributed by atoms with E-state index in [9.17, 15) is 19.5 Å². The van der Waals surface area contributed by atoms with E-state index in [0.29, 0.717) is 37.9 Å². The fraction of sp³-hybridized carbons (Fsp3) is 0.870. The van der Waals surface area contributed by atoms with Crippen LogP contribution in [0.3, 0.4) is 0 Å². The highest BCUT2D eigenvalue weighted by Crippen LogP contribution is 2.19. The van der Waals surface area contributed by atoms with Gasteiger partial charge in [-0.1, -0.05) is 156 Å². The van der Waals surface area contributed by atoms with Gasteiger partial charge in [-0.25, -0.2) is 0 Å². The van der Waals surface area contributed by atoms with Crippen molar-refractivity contribution in [3.63, 3.8) is 0 Å². The van der Waals surface area contributed by atoms with Crippen LogP contribution in [0.4, 0.5) is 0 Å². The molecule has 3 N–H and O–H groups in total. The second-order valence-electron chi connectivity index (χ2n) is 18.9. The summed E-state index contributed by atoms with van der Waals surface area (Å²) in [6, 6.07) is 1.76. The van der Waals surface area contributed by atoms with E-state index in [1.165, 1.54) is 109 Å². The summed E-state index contributed by atoms with van der Waals surface area (Å²) in [5.41, 5.74) is 0.634. The standard InChI is InChI=1S/C54H101N3O6/c1-5-8-11-14-17-18-20-26-35-48(4)62-52(59)39-30-25-34-45-57(47-50(58)36-31-32-42-56-54(61)49-41-43-55-46-49)44-33-24-19-23-29-40-53(60)63-51(37-27-21-15-12-9-6-2)38-28-22-16-13-10-7-3/h41,43,46,48,50-51,55,58H,5-40,42,44-45,47H2,1-4H3,(H,56,61). The molecule has 0 saturated heterocycles. The molecule has 1 aromatic heterocycles. The van der Waals surface area contributed by atoms with Gasteiger partial charge < -0.3 is 29.8 Å². The monoisotopic (exact) mass is 888 g/mol. The lowest BCUT2D eigenvalue weighted by molar-refractivity contribution is -0.150. The van der Waals surface area contributed by atoms with Crippen LogP contribution < -0.4 is 5.32 Å². The van der Waals surface area contributed by atoms with E-state index in [2.05, 4.69) is 36.0 Å². The molecule has 0 aliphatic rings. The van der Waals surface area contributed by atoms with Gasteiger partial charge in [-0.05, 0) is 110 Å². The molecule has 1 amide bonds. The van der Waals surface area contributed by atoms with Gasteiger partial charge in [-0.2, -0.15) is 0 Å². The summed E-state index contributed by atoms with van der Waals surface area (Å²) < 4.78 is 11.8. The van der Waals surface area contributed by atoms with Crippen LogP contribution in [0.15, 0.2) is 18.5 Å². The van der Waals surface area contributed by atoms with E-state index in [4.69, 9.17) is 9.47 Å². The normalized spacial score (nSPS) is 12.6. The van der Waals surface area contributed by atoms with Crippen molar-refractivity contribution in [2.75, 3.05) is 26.2 Å². The molecule has 1 heterocycles. The Morgan fingerprint density at radius 2 is 1.02 bits per heavy atom. The number of nitrogens with zero attached hydrogens (tertiary/aromatic N) is 1. The summed E-state index contributed by atoms with van der Waals surface area (Å²) in [7, 11) is 0. The molecule has 368 valence electrons. The molecule has 1 rings (SSSR count). The van der Waals surface area contributed by atoms with Crippen LogP contribution in [0.25, 0.3) is 0 Å². The van der Waals surface area contributed by atoms with Gasteiger partial charge in [0.25, 0.3) is 5.91 Å². The molecule has 2 atom stereocenters. The molecular weight excluding hydrogens is 787 g/mol. The van der Waals surface area contributed by atoms with Gasteiger partial charge in [0.1, 0.15) is 6.10 Å². The van der Waals surface area contributed by atoms with Crippen molar-refractivity contribution in [2.24, 2.45) is 0 Å². The number of hydrogen-bond donors (Lipinski definition) is 3.